The minimum absolute atomic E-state index is 0. The molecule has 17 heavy (non-hydrogen) atoms. The number of hydrogen-bond acceptors (Lipinski definition) is 4. The highest BCUT2D eigenvalue weighted by molar-refractivity contribution is 6.00. The molecule has 0 aromatic heterocycles. The number of ether oxygens (including phenoxy) is 1. The molecule has 1 aliphatic heterocycles. The minimum atomic E-state index is -1.87. The molecular weight excluding hydrogens is 224 g/mol. The van der Waals surface area contributed by atoms with Crippen molar-refractivity contribution in [2.24, 2.45) is 0 Å². The van der Waals surface area contributed by atoms with Crippen molar-refractivity contribution in [3.05, 3.63) is 42.0 Å². The third-order valence-electron chi connectivity index (χ3n) is 2.57. The quantitative estimate of drug-likeness (QED) is 0.584. The lowest BCUT2D eigenvalue weighted by molar-refractivity contribution is -0.159. The Hall–Kier alpha value is -1.98. The van der Waals surface area contributed by atoms with Gasteiger partial charge in [0.15, 0.2) is 5.60 Å². The molecule has 1 unspecified atom stereocenters. The van der Waals surface area contributed by atoms with Gasteiger partial charge in [0.05, 0.1) is 6.42 Å². The summed E-state index contributed by atoms with van der Waals surface area (Å²) in [5.41, 5.74) is -0.917. The van der Waals surface area contributed by atoms with Gasteiger partial charge >= 0.3 is 11.9 Å². The van der Waals surface area contributed by atoms with E-state index in [1.165, 1.54) is 6.08 Å². The van der Waals surface area contributed by atoms with Crippen LogP contribution in [0.3, 0.4) is 0 Å². The van der Waals surface area contributed by atoms with Crippen LogP contribution in [0.2, 0.25) is 0 Å². The van der Waals surface area contributed by atoms with Gasteiger partial charge in [0.2, 0.25) is 0 Å². The average Bonchev–Trinajstić information content (AvgIpc) is 2.53. The lowest BCUT2D eigenvalue weighted by Gasteiger charge is -2.19. The molecule has 2 rings (SSSR count). The number of hydrogen-bond donors (Lipinski definition) is 1. The van der Waals surface area contributed by atoms with Crippen molar-refractivity contribution in [1.82, 2.24) is 0 Å². The van der Waals surface area contributed by atoms with Crippen molar-refractivity contribution in [3.8, 4) is 0 Å². The first kappa shape index (κ1) is 13.1. The molecule has 0 bridgehead atoms. The van der Waals surface area contributed by atoms with E-state index < -0.39 is 17.5 Å². The maximum Gasteiger partial charge on any atom is 0.351 e. The molecule has 3 N–H and O–H groups in total. The van der Waals surface area contributed by atoms with Gasteiger partial charge in [-0.1, -0.05) is 36.9 Å². The van der Waals surface area contributed by atoms with Crippen LogP contribution in [-0.2, 0) is 19.9 Å². The number of carbonyl (C=O) groups excluding carboxylic acids is 2. The molecule has 0 amide bonds. The van der Waals surface area contributed by atoms with Crippen LogP contribution in [0.15, 0.2) is 30.8 Å². The second kappa shape index (κ2) is 4.48. The van der Waals surface area contributed by atoms with Crippen LogP contribution in [-0.4, -0.2) is 22.5 Å². The molecular formula is C12H12O5. The van der Waals surface area contributed by atoms with E-state index in [2.05, 4.69) is 11.3 Å². The highest BCUT2D eigenvalue weighted by Gasteiger charge is 2.50. The van der Waals surface area contributed by atoms with Crippen LogP contribution in [0.25, 0.3) is 6.08 Å². The van der Waals surface area contributed by atoms with Crippen LogP contribution in [0.5, 0.6) is 0 Å². The maximum absolute atomic E-state index is 11.4. The average molecular weight is 236 g/mol. The molecule has 1 atom stereocenters. The Morgan fingerprint density at radius 3 is 2.53 bits per heavy atom. The summed E-state index contributed by atoms with van der Waals surface area (Å²) in [6.45, 7) is 3.59. The third-order valence-corrected chi connectivity index (χ3v) is 2.57. The van der Waals surface area contributed by atoms with Crippen LogP contribution in [0.1, 0.15) is 17.5 Å². The molecule has 0 radical (unpaired) electrons. The predicted octanol–water partition coefficient (Wildman–Crippen LogP) is 0.166. The Morgan fingerprint density at radius 2 is 2.00 bits per heavy atom. The van der Waals surface area contributed by atoms with Crippen LogP contribution in [0.4, 0.5) is 0 Å². The normalized spacial score (nSPS) is 22.9. The Labute approximate surface area is 97.6 Å². The summed E-state index contributed by atoms with van der Waals surface area (Å²) in [4.78, 5) is 22.5. The van der Waals surface area contributed by atoms with Crippen molar-refractivity contribution >= 4 is 18.0 Å². The van der Waals surface area contributed by atoms with Crippen LogP contribution >= 0.6 is 0 Å². The van der Waals surface area contributed by atoms with E-state index >= 15 is 0 Å². The van der Waals surface area contributed by atoms with E-state index in [0.717, 1.165) is 0 Å². The number of carbonyl (C=O) groups is 2. The molecule has 0 aliphatic carbocycles. The molecule has 0 spiro atoms. The first-order chi connectivity index (χ1) is 7.58. The zero-order chi connectivity index (χ0) is 11.8. The van der Waals surface area contributed by atoms with E-state index in [0.29, 0.717) is 11.1 Å². The summed E-state index contributed by atoms with van der Waals surface area (Å²) in [5, 5.41) is 10.2. The van der Waals surface area contributed by atoms with Crippen molar-refractivity contribution < 1.29 is 24.9 Å². The van der Waals surface area contributed by atoms with Gasteiger partial charge in [-0.25, -0.2) is 4.79 Å². The highest BCUT2D eigenvalue weighted by Crippen LogP contribution is 2.34. The highest BCUT2D eigenvalue weighted by atomic mass is 16.6. The van der Waals surface area contributed by atoms with E-state index in [1.54, 1.807) is 24.3 Å². The largest absolute Gasteiger partial charge is 0.412 e. The summed E-state index contributed by atoms with van der Waals surface area (Å²) in [5.74, 6) is -1.64. The molecule has 0 saturated carbocycles. The van der Waals surface area contributed by atoms with Crippen molar-refractivity contribution in [3.63, 3.8) is 0 Å². The smallest absolute Gasteiger partial charge is 0.351 e. The number of aliphatic hydroxyl groups is 1. The van der Waals surface area contributed by atoms with Crippen LogP contribution < -0.4 is 0 Å². The molecule has 1 aromatic rings. The summed E-state index contributed by atoms with van der Waals surface area (Å²) in [6, 6.07) is 6.72. The van der Waals surface area contributed by atoms with Gasteiger partial charge < -0.3 is 15.3 Å². The molecule has 5 nitrogen and oxygen atoms in total. The Kier molecular flexibility index (Phi) is 3.45. The van der Waals surface area contributed by atoms with Crippen molar-refractivity contribution in [1.29, 1.82) is 0 Å². The number of rotatable bonds is 2. The van der Waals surface area contributed by atoms with Gasteiger partial charge in [0.1, 0.15) is 0 Å². The van der Waals surface area contributed by atoms with E-state index in [4.69, 9.17) is 0 Å². The molecule has 90 valence electrons. The topological polar surface area (TPSA) is 95.1 Å². The second-order valence-electron chi connectivity index (χ2n) is 3.59. The SMILES string of the molecule is C=Cc1ccccc1C1(O)CC(=O)OC1=O.O. The zero-order valence-electron chi connectivity index (χ0n) is 8.97. The fourth-order valence-corrected chi connectivity index (χ4v) is 1.76. The minimum Gasteiger partial charge on any atom is -0.412 e. The fraction of sp³-hybridized carbons (Fsp3) is 0.167. The number of cyclic esters (lactones) is 2. The zero-order valence-corrected chi connectivity index (χ0v) is 8.97. The second-order valence-corrected chi connectivity index (χ2v) is 3.59. The van der Waals surface area contributed by atoms with Gasteiger partial charge in [-0.2, -0.15) is 0 Å². The summed E-state index contributed by atoms with van der Waals surface area (Å²) < 4.78 is 4.37. The van der Waals surface area contributed by atoms with Crippen molar-refractivity contribution in [2.75, 3.05) is 0 Å². The van der Waals surface area contributed by atoms with Gasteiger partial charge in [-0.3, -0.25) is 4.79 Å². The Bertz CT molecular complexity index is 480. The summed E-state index contributed by atoms with van der Waals surface area (Å²) in [6.07, 6.45) is 1.17. The molecule has 1 saturated heterocycles. The summed E-state index contributed by atoms with van der Waals surface area (Å²) >= 11 is 0. The Morgan fingerprint density at radius 1 is 1.35 bits per heavy atom. The van der Waals surface area contributed by atoms with E-state index in [1.807, 2.05) is 0 Å². The van der Waals surface area contributed by atoms with E-state index in [9.17, 15) is 14.7 Å². The first-order valence-corrected chi connectivity index (χ1v) is 4.77. The Balaban J connectivity index is 0.00000144. The maximum atomic E-state index is 11.4. The molecule has 5 heteroatoms. The van der Waals surface area contributed by atoms with E-state index in [-0.39, 0.29) is 11.9 Å². The van der Waals surface area contributed by atoms with Crippen LogP contribution in [0, 0.1) is 0 Å². The molecule has 1 fully saturated rings. The summed E-state index contributed by atoms with van der Waals surface area (Å²) in [7, 11) is 0. The monoisotopic (exact) mass is 236 g/mol. The first-order valence-electron chi connectivity index (χ1n) is 4.77. The fourth-order valence-electron chi connectivity index (χ4n) is 1.76. The van der Waals surface area contributed by atoms with Gasteiger partial charge in [0.25, 0.3) is 0 Å². The predicted molar refractivity (Wildman–Crippen MR) is 59.8 cm³/mol. The lowest BCUT2D eigenvalue weighted by atomic mass is 9.88. The lowest BCUT2D eigenvalue weighted by Crippen LogP contribution is -2.31. The third kappa shape index (κ3) is 1.98. The van der Waals surface area contributed by atoms with Crippen molar-refractivity contribution in [2.45, 2.75) is 12.0 Å². The molecule has 1 aromatic carbocycles. The molecule has 1 heterocycles. The number of benzene rings is 1. The standard InChI is InChI=1S/C12H10O4.H2O/c1-2-8-5-3-4-6-9(8)12(15)7-10(13)16-11(12)14;/h2-6,15H,1,7H2;1H2. The van der Waals surface area contributed by atoms with Gasteiger partial charge in [-0.05, 0) is 5.56 Å². The van der Waals surface area contributed by atoms with Gasteiger partial charge in [0, 0.05) is 5.56 Å². The number of esters is 2. The molecule has 1 aliphatic rings. The van der Waals surface area contributed by atoms with Gasteiger partial charge in [-0.15, -0.1) is 0 Å².